The maximum absolute atomic E-state index is 14.6. The van der Waals surface area contributed by atoms with E-state index in [4.69, 9.17) is 16.2 Å². The van der Waals surface area contributed by atoms with Crippen molar-refractivity contribution in [2.75, 3.05) is 18.5 Å². The highest BCUT2D eigenvalue weighted by Crippen LogP contribution is 2.38. The molecule has 32 heavy (non-hydrogen) atoms. The lowest BCUT2D eigenvalue weighted by Crippen LogP contribution is -2.53. The number of alkyl halides is 5. The van der Waals surface area contributed by atoms with Crippen LogP contribution in [0.1, 0.15) is 34.6 Å². The minimum absolute atomic E-state index is 0.0169. The van der Waals surface area contributed by atoms with Crippen molar-refractivity contribution in [3.8, 4) is 0 Å². The molecule has 0 radical (unpaired) electrons. The second-order valence-corrected chi connectivity index (χ2v) is 7.11. The first-order valence-corrected chi connectivity index (χ1v) is 8.90. The number of ether oxygens (including phenoxy) is 1. The summed E-state index contributed by atoms with van der Waals surface area (Å²) in [7, 11) is 0. The Kier molecular flexibility index (Phi) is 6.95. The van der Waals surface area contributed by atoms with E-state index >= 15 is 0 Å². The number of carbonyl (C=O) groups is 1. The van der Waals surface area contributed by atoms with E-state index in [0.29, 0.717) is 0 Å². The van der Waals surface area contributed by atoms with Crippen molar-refractivity contribution in [1.29, 1.82) is 0 Å². The summed E-state index contributed by atoms with van der Waals surface area (Å²) in [4.78, 5) is 15.7. The Bertz CT molecular complexity index is 1020. The van der Waals surface area contributed by atoms with Crippen molar-refractivity contribution in [1.82, 2.24) is 4.98 Å². The van der Waals surface area contributed by atoms with Crippen LogP contribution < -0.4 is 16.8 Å². The lowest BCUT2D eigenvalue weighted by atomic mass is 9.86. The van der Waals surface area contributed by atoms with Gasteiger partial charge in [0, 0.05) is 23.9 Å². The van der Waals surface area contributed by atoms with Crippen molar-refractivity contribution in [3.05, 3.63) is 59.2 Å². The van der Waals surface area contributed by atoms with Crippen molar-refractivity contribution in [2.24, 2.45) is 11.5 Å². The first kappa shape index (κ1) is 25.2. The lowest BCUT2D eigenvalue weighted by molar-refractivity contribution is -0.153. The minimum Gasteiger partial charge on any atom is -0.436 e. The van der Waals surface area contributed by atoms with Gasteiger partial charge in [-0.2, -0.15) is 13.2 Å². The molecule has 0 aliphatic carbocycles. The van der Waals surface area contributed by atoms with Gasteiger partial charge in [0.1, 0.15) is 18.0 Å². The largest absolute Gasteiger partial charge is 0.452 e. The van der Waals surface area contributed by atoms with E-state index in [9.17, 15) is 31.1 Å². The number of halogens is 6. The van der Waals surface area contributed by atoms with Crippen molar-refractivity contribution in [2.45, 2.75) is 31.5 Å². The zero-order valence-corrected chi connectivity index (χ0v) is 16.9. The fraction of sp³-hybridized carbons (Fsp3) is 0.368. The highest BCUT2D eigenvalue weighted by molar-refractivity contribution is 6.03. The molecule has 0 spiro atoms. The molecule has 13 heteroatoms. The smallest absolute Gasteiger partial charge is 0.436 e. The minimum atomic E-state index is -5.01. The van der Waals surface area contributed by atoms with Crippen LogP contribution in [-0.4, -0.2) is 30.0 Å². The van der Waals surface area contributed by atoms with Gasteiger partial charge in [-0.1, -0.05) is 6.58 Å². The topological polar surface area (TPSA) is 116 Å². The number of nitrogens with two attached hydrogens (primary N) is 2. The summed E-state index contributed by atoms with van der Waals surface area (Å²) in [5.74, 6) is -8.34. The molecule has 0 saturated heterocycles. The van der Waals surface area contributed by atoms with Crippen molar-refractivity contribution < 1.29 is 40.3 Å². The number of rotatable bonds is 8. The van der Waals surface area contributed by atoms with Gasteiger partial charge in [-0.15, -0.1) is 0 Å². The number of nitrogens with zero attached hydrogens (tertiary/aromatic N) is 1. The highest BCUT2D eigenvalue weighted by atomic mass is 19.4. The highest BCUT2D eigenvalue weighted by Gasteiger charge is 2.50. The molecule has 2 rings (SSSR count). The number of anilines is 1. The average Bonchev–Trinajstić information content (AvgIpc) is 3.05. The third-order valence-corrected chi connectivity index (χ3v) is 4.32. The molecule has 0 unspecified atom stereocenters. The maximum Gasteiger partial charge on any atom is 0.452 e. The maximum atomic E-state index is 14.6. The Morgan fingerprint density at radius 2 is 1.91 bits per heavy atom. The van der Waals surface area contributed by atoms with E-state index < -0.39 is 58.9 Å². The quantitative estimate of drug-likeness (QED) is 0.511. The summed E-state index contributed by atoms with van der Waals surface area (Å²) >= 11 is 0. The first-order chi connectivity index (χ1) is 14.6. The molecule has 5 N–H and O–H groups in total. The van der Waals surface area contributed by atoms with Crippen LogP contribution in [0.15, 0.2) is 34.9 Å². The molecule has 0 aliphatic rings. The third kappa shape index (κ3) is 5.40. The Labute approximate surface area is 178 Å². The molecule has 0 fully saturated rings. The van der Waals surface area contributed by atoms with Gasteiger partial charge in [0.15, 0.2) is 11.6 Å². The monoisotopic (exact) mass is 466 g/mol. The van der Waals surface area contributed by atoms with E-state index in [2.05, 4.69) is 16.0 Å². The molecule has 176 valence electrons. The fourth-order valence-corrected chi connectivity index (χ4v) is 2.62. The summed E-state index contributed by atoms with van der Waals surface area (Å²) < 4.78 is 91.9. The number of hydrogen-bond donors (Lipinski definition) is 3. The number of carbonyl (C=O) groups excluding carboxylic acids is 1. The van der Waals surface area contributed by atoms with Gasteiger partial charge in [-0.25, -0.2) is 18.2 Å². The van der Waals surface area contributed by atoms with E-state index in [1.54, 1.807) is 0 Å². The van der Waals surface area contributed by atoms with Crippen LogP contribution >= 0.6 is 0 Å². The molecular weight excluding hydrogens is 446 g/mol. The van der Waals surface area contributed by atoms with Crippen molar-refractivity contribution in [3.63, 3.8) is 0 Å². The first-order valence-electron chi connectivity index (χ1n) is 8.90. The molecule has 0 saturated carbocycles. The SMILES string of the molecule is C=C(N)COCC(F)(F)[C@](C)(N)c1cc(NC(=O)c2nc(C)oc2C(F)(F)F)ccc1F. The van der Waals surface area contributed by atoms with Crippen LogP contribution in [0.3, 0.4) is 0 Å². The second kappa shape index (κ2) is 8.82. The molecule has 1 aromatic carbocycles. The number of oxazole rings is 1. The fourth-order valence-electron chi connectivity index (χ4n) is 2.62. The molecule has 1 amide bonds. The lowest BCUT2D eigenvalue weighted by Gasteiger charge is -2.34. The van der Waals surface area contributed by atoms with Crippen LogP contribution in [0.2, 0.25) is 0 Å². The van der Waals surface area contributed by atoms with Gasteiger partial charge < -0.3 is 25.9 Å². The molecule has 1 aromatic heterocycles. The van der Waals surface area contributed by atoms with E-state index in [0.717, 1.165) is 32.0 Å². The van der Waals surface area contributed by atoms with Gasteiger partial charge in [0.05, 0.1) is 6.61 Å². The molecule has 0 bridgehead atoms. The second-order valence-electron chi connectivity index (χ2n) is 7.11. The third-order valence-electron chi connectivity index (χ3n) is 4.32. The standard InChI is InChI=1S/C19H20F6N4O3/c1-9(26)7-31-8-18(21,22)17(3,27)12-6-11(4-5-13(12)20)29-16(30)14-15(19(23,24)25)32-10(2)28-14/h4-6H,1,7-8,26-27H2,2-3H3,(H,29,30)/t17-/m1/s1. The Morgan fingerprint density at radius 3 is 2.47 bits per heavy atom. The number of amides is 1. The Morgan fingerprint density at radius 1 is 1.28 bits per heavy atom. The number of hydrogen-bond acceptors (Lipinski definition) is 6. The Balaban J connectivity index is 2.33. The Hall–Kier alpha value is -3.06. The van der Waals surface area contributed by atoms with Gasteiger partial charge in [0.2, 0.25) is 5.76 Å². The van der Waals surface area contributed by atoms with Crippen LogP contribution in [0.25, 0.3) is 0 Å². The van der Waals surface area contributed by atoms with E-state index in [-0.39, 0.29) is 18.0 Å². The van der Waals surface area contributed by atoms with Crippen molar-refractivity contribution >= 4 is 11.6 Å². The van der Waals surface area contributed by atoms with E-state index in [1.807, 2.05) is 5.32 Å². The van der Waals surface area contributed by atoms with Crippen LogP contribution in [0, 0.1) is 12.7 Å². The molecule has 7 nitrogen and oxygen atoms in total. The summed E-state index contributed by atoms with van der Waals surface area (Å²) in [5, 5.41) is 2.05. The van der Waals surface area contributed by atoms with Gasteiger partial charge in [0.25, 0.3) is 11.8 Å². The van der Waals surface area contributed by atoms with Gasteiger partial charge >= 0.3 is 6.18 Å². The molecule has 2 aromatic rings. The average molecular weight is 466 g/mol. The molecule has 1 atom stereocenters. The molecule has 0 aliphatic heterocycles. The zero-order chi connectivity index (χ0) is 24.5. The summed E-state index contributed by atoms with van der Waals surface area (Å²) in [6.07, 6.45) is -5.01. The normalized spacial score (nSPS) is 14.2. The zero-order valence-electron chi connectivity index (χ0n) is 16.9. The van der Waals surface area contributed by atoms with Crippen LogP contribution in [0.5, 0.6) is 0 Å². The predicted molar refractivity (Wildman–Crippen MR) is 101 cm³/mol. The number of aromatic nitrogens is 1. The van der Waals surface area contributed by atoms with Crippen LogP contribution in [0.4, 0.5) is 32.0 Å². The predicted octanol–water partition coefficient (Wildman–Crippen LogP) is 3.69. The summed E-state index contributed by atoms with van der Waals surface area (Å²) in [6, 6.07) is 2.47. The molecular formula is C19H20F6N4O3. The van der Waals surface area contributed by atoms with Crippen LogP contribution in [-0.2, 0) is 16.5 Å². The summed E-state index contributed by atoms with van der Waals surface area (Å²) in [5.41, 5.74) is 6.22. The molecule has 1 heterocycles. The van der Waals surface area contributed by atoms with Gasteiger partial charge in [-0.05, 0) is 25.1 Å². The van der Waals surface area contributed by atoms with Gasteiger partial charge in [-0.3, -0.25) is 4.79 Å². The number of benzene rings is 1. The van der Waals surface area contributed by atoms with E-state index in [1.165, 1.54) is 0 Å². The number of nitrogens with one attached hydrogen (secondary N) is 1. The number of aryl methyl sites for hydroxylation is 1. The summed E-state index contributed by atoms with van der Waals surface area (Å²) in [6.45, 7) is 3.62.